The van der Waals surface area contributed by atoms with Crippen LogP contribution in [0.4, 0.5) is 5.69 Å². The molecular formula is C27H25Br2N3O5. The van der Waals surface area contributed by atoms with Crippen molar-refractivity contribution in [2.24, 2.45) is 0 Å². The molecule has 0 aromatic heterocycles. The molecular weight excluding hydrogens is 606 g/mol. The zero-order valence-electron chi connectivity index (χ0n) is 20.2. The van der Waals surface area contributed by atoms with Crippen LogP contribution in [-0.2, 0) is 16.9 Å². The highest BCUT2D eigenvalue weighted by atomic mass is 79.9. The third-order valence-corrected chi connectivity index (χ3v) is 8.21. The van der Waals surface area contributed by atoms with Gasteiger partial charge in [-0.3, -0.25) is 19.8 Å². The first-order valence-electron chi connectivity index (χ1n) is 11.9. The van der Waals surface area contributed by atoms with E-state index in [1.807, 2.05) is 43.3 Å². The fraction of sp³-hybridized carbons (Fsp3) is 0.296. The molecule has 37 heavy (non-hydrogen) atoms. The lowest BCUT2D eigenvalue weighted by Crippen LogP contribution is -2.54. The average molecular weight is 631 g/mol. The normalized spacial score (nSPS) is 22.6. The van der Waals surface area contributed by atoms with E-state index >= 15 is 0 Å². The van der Waals surface area contributed by atoms with Crippen molar-refractivity contribution in [1.82, 2.24) is 4.90 Å². The van der Waals surface area contributed by atoms with E-state index in [0.717, 1.165) is 10.0 Å². The van der Waals surface area contributed by atoms with Gasteiger partial charge in [0.15, 0.2) is 17.0 Å². The van der Waals surface area contributed by atoms with E-state index < -0.39 is 17.5 Å². The summed E-state index contributed by atoms with van der Waals surface area (Å²) in [5, 5.41) is 15.5. The molecule has 1 N–H and O–H groups in total. The first-order chi connectivity index (χ1) is 17.8. The first-order valence-corrected chi connectivity index (χ1v) is 13.4. The van der Waals surface area contributed by atoms with Crippen molar-refractivity contribution in [3.8, 4) is 11.5 Å². The molecule has 0 saturated carbocycles. The molecule has 1 saturated heterocycles. The van der Waals surface area contributed by atoms with Gasteiger partial charge in [0, 0.05) is 27.2 Å². The Morgan fingerprint density at radius 3 is 2.57 bits per heavy atom. The molecule has 3 aromatic rings. The molecule has 3 aromatic carbocycles. The second kappa shape index (κ2) is 10.1. The van der Waals surface area contributed by atoms with Crippen molar-refractivity contribution in [2.45, 2.75) is 31.0 Å². The molecule has 5 rings (SSSR count). The van der Waals surface area contributed by atoms with Crippen LogP contribution >= 0.6 is 31.9 Å². The van der Waals surface area contributed by atoms with E-state index in [9.17, 15) is 14.9 Å². The summed E-state index contributed by atoms with van der Waals surface area (Å²) in [6.45, 7) is 2.92. The Morgan fingerprint density at radius 1 is 1.14 bits per heavy atom. The Morgan fingerprint density at radius 2 is 1.86 bits per heavy atom. The molecule has 2 aliphatic heterocycles. The van der Waals surface area contributed by atoms with Crippen LogP contribution in [0, 0.1) is 10.1 Å². The van der Waals surface area contributed by atoms with E-state index in [4.69, 9.17) is 9.47 Å². The van der Waals surface area contributed by atoms with Gasteiger partial charge in [0.2, 0.25) is 0 Å². The zero-order valence-corrected chi connectivity index (χ0v) is 23.4. The number of benzene rings is 3. The summed E-state index contributed by atoms with van der Waals surface area (Å²) in [5.74, 6) is 0.0778. The van der Waals surface area contributed by atoms with Gasteiger partial charge in [-0.25, -0.2) is 0 Å². The molecule has 1 amide bonds. The number of likely N-dealkylation sites (tertiary alicyclic amines) is 1. The standard InChI is InChI=1S/C27H25Br2N3O5/c1-3-36-23-13-17(12-21(29)24(23)37-15-16-8-10-18(28)11-9-16)19-14-31(2)27(25(19)32(34)35)20-6-4-5-7-22(20)30-26(27)33/h4-13,19,25H,3,14-15H2,1-2H3,(H,30,33)/t19-,25-,27-/m0/s1. The van der Waals surface area contributed by atoms with Crippen LogP contribution < -0.4 is 14.8 Å². The van der Waals surface area contributed by atoms with Crippen molar-refractivity contribution in [3.63, 3.8) is 0 Å². The number of fused-ring (bicyclic) bond motifs is 2. The van der Waals surface area contributed by atoms with Crippen LogP contribution in [0.25, 0.3) is 0 Å². The fourth-order valence-corrected chi connectivity index (χ4v) is 6.36. The van der Waals surface area contributed by atoms with Crippen LogP contribution in [0.2, 0.25) is 0 Å². The highest BCUT2D eigenvalue weighted by Crippen LogP contribution is 2.53. The molecule has 0 unspecified atom stereocenters. The maximum atomic E-state index is 13.4. The van der Waals surface area contributed by atoms with Gasteiger partial charge in [-0.05, 0) is 71.4 Å². The topological polar surface area (TPSA) is 93.9 Å². The largest absolute Gasteiger partial charge is 0.490 e. The molecule has 1 fully saturated rings. The molecule has 10 heteroatoms. The summed E-state index contributed by atoms with van der Waals surface area (Å²) in [5.41, 5.74) is 1.53. The second-order valence-electron chi connectivity index (χ2n) is 9.16. The van der Waals surface area contributed by atoms with Crippen LogP contribution in [-0.4, -0.2) is 42.0 Å². The van der Waals surface area contributed by atoms with Crippen molar-refractivity contribution in [1.29, 1.82) is 0 Å². The van der Waals surface area contributed by atoms with E-state index in [1.165, 1.54) is 0 Å². The summed E-state index contributed by atoms with van der Waals surface area (Å²) >= 11 is 7.04. The molecule has 2 aliphatic rings. The molecule has 8 nitrogen and oxygen atoms in total. The highest BCUT2D eigenvalue weighted by Gasteiger charge is 2.68. The van der Waals surface area contributed by atoms with Gasteiger partial charge >= 0.3 is 0 Å². The highest BCUT2D eigenvalue weighted by molar-refractivity contribution is 9.10. The number of nitrogens with one attached hydrogen (secondary N) is 1. The van der Waals surface area contributed by atoms with E-state index in [0.29, 0.717) is 52.5 Å². The molecule has 0 radical (unpaired) electrons. The number of amides is 1. The number of hydrogen-bond acceptors (Lipinski definition) is 6. The van der Waals surface area contributed by atoms with Crippen LogP contribution in [0.1, 0.15) is 29.5 Å². The number of carbonyl (C=O) groups excluding carboxylic acids is 1. The molecule has 192 valence electrons. The average Bonchev–Trinajstić information content (AvgIpc) is 3.34. The maximum absolute atomic E-state index is 13.4. The van der Waals surface area contributed by atoms with Crippen LogP contribution in [0.3, 0.4) is 0 Å². The zero-order chi connectivity index (χ0) is 26.3. The van der Waals surface area contributed by atoms with Crippen molar-refractivity contribution < 1.29 is 19.2 Å². The van der Waals surface area contributed by atoms with E-state index in [-0.39, 0.29) is 10.8 Å². The SMILES string of the molecule is CCOc1cc([C@@H]2CN(C)[C@]3(C(=O)Nc4ccccc43)[C@H]2[N+](=O)[O-])cc(Br)c1OCc1ccc(Br)cc1. The Balaban J connectivity index is 1.53. The first kappa shape index (κ1) is 25.7. The smallest absolute Gasteiger partial charge is 0.256 e. The Hall–Kier alpha value is -2.95. The molecule has 0 bridgehead atoms. The lowest BCUT2D eigenvalue weighted by atomic mass is 9.79. The van der Waals surface area contributed by atoms with Gasteiger partial charge in [-0.15, -0.1) is 0 Å². The van der Waals surface area contributed by atoms with Gasteiger partial charge in [0.1, 0.15) is 6.61 Å². The summed E-state index contributed by atoms with van der Waals surface area (Å²) in [4.78, 5) is 27.5. The Kier molecular flexibility index (Phi) is 6.99. The lowest BCUT2D eigenvalue weighted by Gasteiger charge is -2.30. The van der Waals surface area contributed by atoms with Gasteiger partial charge in [0.25, 0.3) is 11.9 Å². The molecule has 2 heterocycles. The molecule has 0 aliphatic carbocycles. The monoisotopic (exact) mass is 629 g/mol. The minimum Gasteiger partial charge on any atom is -0.490 e. The van der Waals surface area contributed by atoms with Crippen molar-refractivity contribution in [3.05, 3.63) is 96.4 Å². The van der Waals surface area contributed by atoms with Gasteiger partial charge < -0.3 is 14.8 Å². The Labute approximate surface area is 231 Å². The number of ether oxygens (including phenoxy) is 2. The summed E-state index contributed by atoms with van der Waals surface area (Å²) in [6, 6.07) is 17.5. The Bertz CT molecular complexity index is 1370. The minimum absolute atomic E-state index is 0.317. The number of nitrogens with zero attached hydrogens (tertiary/aromatic N) is 2. The van der Waals surface area contributed by atoms with Gasteiger partial charge in [-0.2, -0.15) is 0 Å². The predicted molar refractivity (Wildman–Crippen MR) is 147 cm³/mol. The third kappa shape index (κ3) is 4.30. The lowest BCUT2D eigenvalue weighted by molar-refractivity contribution is -0.534. The van der Waals surface area contributed by atoms with Crippen LogP contribution in [0.15, 0.2) is 69.6 Å². The van der Waals surface area contributed by atoms with E-state index in [2.05, 4.69) is 37.2 Å². The molecule has 3 atom stereocenters. The van der Waals surface area contributed by atoms with Gasteiger partial charge in [-0.1, -0.05) is 46.3 Å². The van der Waals surface area contributed by atoms with Crippen molar-refractivity contribution in [2.75, 3.05) is 25.5 Å². The van der Waals surface area contributed by atoms with E-state index in [1.54, 1.807) is 36.2 Å². The minimum atomic E-state index is -1.40. The number of nitro groups is 1. The maximum Gasteiger partial charge on any atom is 0.256 e. The fourth-order valence-electron chi connectivity index (χ4n) is 5.52. The number of carbonyl (C=O) groups is 1. The number of halogens is 2. The van der Waals surface area contributed by atoms with Crippen LogP contribution in [0.5, 0.6) is 11.5 Å². The number of rotatable bonds is 7. The summed E-state index contributed by atoms with van der Waals surface area (Å²) in [7, 11) is 1.77. The number of hydrogen-bond donors (Lipinski definition) is 1. The summed E-state index contributed by atoms with van der Waals surface area (Å²) in [6.07, 6.45) is 0. The summed E-state index contributed by atoms with van der Waals surface area (Å²) < 4.78 is 13.7. The third-order valence-electron chi connectivity index (χ3n) is 7.10. The second-order valence-corrected chi connectivity index (χ2v) is 10.9. The molecule has 1 spiro atoms. The number of likely N-dealkylation sites (N-methyl/N-ethyl adjacent to an activating group) is 1. The number of anilines is 1. The van der Waals surface area contributed by atoms with Gasteiger partial charge in [0.05, 0.1) is 17.0 Å². The van der Waals surface area contributed by atoms with Crippen molar-refractivity contribution >= 4 is 43.5 Å². The quantitative estimate of drug-likeness (QED) is 0.265. The number of para-hydroxylation sites is 1. The predicted octanol–water partition coefficient (Wildman–Crippen LogP) is 5.71.